The Balaban J connectivity index is 2.93. The highest BCUT2D eigenvalue weighted by atomic mass is 79.9. The molecule has 1 N–H and O–H groups in total. The van der Waals surface area contributed by atoms with Gasteiger partial charge < -0.3 is 10.2 Å². The standard InChI is InChI=1S/C15H27BrN4O/c1-6-7-8-20-15(21)14(16)12(9-17-20)18-13(11(2)3)10-19(4)5/h9,11,13,18H,6-8,10H2,1-5H3. The molecular formula is C15H27BrN4O. The highest BCUT2D eigenvalue weighted by Gasteiger charge is 2.17. The topological polar surface area (TPSA) is 50.2 Å². The van der Waals surface area contributed by atoms with Crippen LogP contribution in [0.1, 0.15) is 33.6 Å². The van der Waals surface area contributed by atoms with E-state index in [4.69, 9.17) is 0 Å². The molecule has 0 spiro atoms. The fraction of sp³-hybridized carbons (Fsp3) is 0.733. The molecule has 6 heteroatoms. The van der Waals surface area contributed by atoms with Gasteiger partial charge in [0.1, 0.15) is 4.47 Å². The molecule has 1 aromatic heterocycles. The van der Waals surface area contributed by atoms with E-state index in [0.29, 0.717) is 16.9 Å². The molecule has 0 aliphatic rings. The van der Waals surface area contributed by atoms with Crippen LogP contribution < -0.4 is 10.9 Å². The van der Waals surface area contributed by atoms with Gasteiger partial charge in [0.15, 0.2) is 0 Å². The number of aromatic nitrogens is 2. The van der Waals surface area contributed by atoms with Crippen LogP contribution in [0.15, 0.2) is 15.5 Å². The van der Waals surface area contributed by atoms with E-state index in [0.717, 1.165) is 25.1 Å². The molecule has 0 saturated carbocycles. The van der Waals surface area contributed by atoms with E-state index in [1.165, 1.54) is 4.68 Å². The zero-order chi connectivity index (χ0) is 16.0. The Morgan fingerprint density at radius 2 is 2.10 bits per heavy atom. The summed E-state index contributed by atoms with van der Waals surface area (Å²) in [6.45, 7) is 8.02. The van der Waals surface area contributed by atoms with Crippen LogP contribution >= 0.6 is 15.9 Å². The smallest absolute Gasteiger partial charge is 0.283 e. The molecule has 0 aromatic carbocycles. The molecule has 1 rings (SSSR count). The number of anilines is 1. The maximum absolute atomic E-state index is 12.3. The number of rotatable bonds is 8. The molecule has 0 fully saturated rings. The summed E-state index contributed by atoms with van der Waals surface area (Å²) >= 11 is 3.42. The van der Waals surface area contributed by atoms with Gasteiger partial charge in [-0.25, -0.2) is 4.68 Å². The van der Waals surface area contributed by atoms with E-state index < -0.39 is 0 Å². The maximum atomic E-state index is 12.3. The summed E-state index contributed by atoms with van der Waals surface area (Å²) in [5, 5.41) is 7.70. The molecule has 0 aliphatic carbocycles. The number of hydrogen-bond donors (Lipinski definition) is 1. The third-order valence-electron chi connectivity index (χ3n) is 3.42. The number of nitrogens with one attached hydrogen (secondary N) is 1. The molecule has 1 unspecified atom stereocenters. The Hall–Kier alpha value is -0.880. The SMILES string of the molecule is CCCCn1ncc(NC(CN(C)C)C(C)C)c(Br)c1=O. The normalized spacial score (nSPS) is 13.0. The molecular weight excluding hydrogens is 332 g/mol. The Bertz CT molecular complexity index is 499. The number of halogens is 1. The van der Waals surface area contributed by atoms with E-state index in [1.54, 1.807) is 6.20 Å². The van der Waals surface area contributed by atoms with Gasteiger partial charge in [0.05, 0.1) is 11.9 Å². The molecule has 0 aliphatic heterocycles. The Kier molecular flexibility index (Phi) is 7.39. The van der Waals surface area contributed by atoms with Crippen molar-refractivity contribution in [3.8, 4) is 0 Å². The molecule has 1 aromatic rings. The number of aryl methyl sites for hydroxylation is 1. The molecule has 1 heterocycles. The van der Waals surface area contributed by atoms with Gasteiger partial charge in [0.25, 0.3) is 5.56 Å². The van der Waals surface area contributed by atoms with Crippen LogP contribution in [-0.2, 0) is 6.54 Å². The number of nitrogens with zero attached hydrogens (tertiary/aromatic N) is 3. The van der Waals surface area contributed by atoms with Crippen LogP contribution in [0, 0.1) is 5.92 Å². The Morgan fingerprint density at radius 3 is 2.62 bits per heavy atom. The summed E-state index contributed by atoms with van der Waals surface area (Å²) in [7, 11) is 4.10. The van der Waals surface area contributed by atoms with Crippen molar-refractivity contribution >= 4 is 21.6 Å². The second kappa shape index (κ2) is 8.54. The second-order valence-electron chi connectivity index (χ2n) is 6.01. The zero-order valence-electron chi connectivity index (χ0n) is 13.7. The summed E-state index contributed by atoms with van der Waals surface area (Å²) in [6, 6.07) is 0.268. The van der Waals surface area contributed by atoms with Crippen LogP contribution in [0.5, 0.6) is 0 Å². The minimum absolute atomic E-state index is 0.0687. The molecule has 0 radical (unpaired) electrons. The summed E-state index contributed by atoms with van der Waals surface area (Å²) in [6.07, 6.45) is 3.75. The van der Waals surface area contributed by atoms with E-state index in [1.807, 2.05) is 14.1 Å². The van der Waals surface area contributed by atoms with Gasteiger partial charge in [-0.3, -0.25) is 4.79 Å². The fourth-order valence-electron chi connectivity index (χ4n) is 2.05. The molecule has 120 valence electrons. The lowest BCUT2D eigenvalue weighted by Crippen LogP contribution is -2.37. The van der Waals surface area contributed by atoms with Gasteiger partial charge in [-0.05, 0) is 42.4 Å². The van der Waals surface area contributed by atoms with Crippen LogP contribution in [0.4, 0.5) is 5.69 Å². The van der Waals surface area contributed by atoms with Crippen molar-refractivity contribution in [3.63, 3.8) is 0 Å². The van der Waals surface area contributed by atoms with Crippen LogP contribution in [0.3, 0.4) is 0 Å². The van der Waals surface area contributed by atoms with E-state index in [-0.39, 0.29) is 11.6 Å². The third-order valence-corrected chi connectivity index (χ3v) is 4.18. The van der Waals surface area contributed by atoms with Crippen molar-refractivity contribution in [2.75, 3.05) is 26.0 Å². The second-order valence-corrected chi connectivity index (χ2v) is 6.80. The van der Waals surface area contributed by atoms with Gasteiger partial charge in [-0.1, -0.05) is 27.2 Å². The average Bonchev–Trinajstić information content (AvgIpc) is 2.41. The lowest BCUT2D eigenvalue weighted by molar-refractivity contribution is 0.344. The van der Waals surface area contributed by atoms with Gasteiger partial charge in [0, 0.05) is 19.1 Å². The van der Waals surface area contributed by atoms with Gasteiger partial charge in [0.2, 0.25) is 0 Å². The number of likely N-dealkylation sites (N-methyl/N-ethyl adjacent to an activating group) is 1. The van der Waals surface area contributed by atoms with Crippen molar-refractivity contribution in [1.82, 2.24) is 14.7 Å². The van der Waals surface area contributed by atoms with E-state index >= 15 is 0 Å². The maximum Gasteiger partial charge on any atom is 0.283 e. The van der Waals surface area contributed by atoms with Crippen LogP contribution in [-0.4, -0.2) is 41.4 Å². The van der Waals surface area contributed by atoms with Gasteiger partial charge in [-0.2, -0.15) is 5.10 Å². The van der Waals surface area contributed by atoms with Crippen LogP contribution in [0.25, 0.3) is 0 Å². The van der Waals surface area contributed by atoms with E-state index in [9.17, 15) is 4.79 Å². The van der Waals surface area contributed by atoms with Crippen molar-refractivity contribution < 1.29 is 0 Å². The van der Waals surface area contributed by atoms with Gasteiger partial charge in [-0.15, -0.1) is 0 Å². The van der Waals surface area contributed by atoms with Crippen molar-refractivity contribution in [2.24, 2.45) is 5.92 Å². The summed E-state index contributed by atoms with van der Waals surface area (Å²) in [5.74, 6) is 0.460. The number of unbranched alkanes of at least 4 members (excludes halogenated alkanes) is 1. The quantitative estimate of drug-likeness (QED) is 0.776. The first kappa shape index (κ1) is 18.2. The highest BCUT2D eigenvalue weighted by molar-refractivity contribution is 9.10. The first-order valence-electron chi connectivity index (χ1n) is 7.53. The zero-order valence-corrected chi connectivity index (χ0v) is 15.3. The van der Waals surface area contributed by atoms with Crippen LogP contribution in [0.2, 0.25) is 0 Å². The molecule has 1 atom stereocenters. The fourth-order valence-corrected chi connectivity index (χ4v) is 2.47. The lowest BCUT2D eigenvalue weighted by Gasteiger charge is -2.27. The Labute approximate surface area is 135 Å². The average molecular weight is 359 g/mol. The monoisotopic (exact) mass is 358 g/mol. The van der Waals surface area contributed by atoms with Crippen molar-refractivity contribution in [2.45, 2.75) is 46.2 Å². The Morgan fingerprint density at radius 1 is 1.43 bits per heavy atom. The summed E-state index contributed by atoms with van der Waals surface area (Å²) < 4.78 is 2.09. The highest BCUT2D eigenvalue weighted by Crippen LogP contribution is 2.19. The molecule has 5 nitrogen and oxygen atoms in total. The van der Waals surface area contributed by atoms with Crippen molar-refractivity contribution in [1.29, 1.82) is 0 Å². The first-order valence-corrected chi connectivity index (χ1v) is 8.33. The summed E-state index contributed by atoms with van der Waals surface area (Å²) in [4.78, 5) is 14.4. The molecule has 0 bridgehead atoms. The predicted molar refractivity (Wildman–Crippen MR) is 91.9 cm³/mol. The first-order chi connectivity index (χ1) is 9.86. The molecule has 21 heavy (non-hydrogen) atoms. The van der Waals surface area contributed by atoms with Gasteiger partial charge >= 0.3 is 0 Å². The third kappa shape index (κ3) is 5.43. The molecule has 0 amide bonds. The minimum Gasteiger partial charge on any atom is -0.378 e. The molecule has 0 saturated heterocycles. The number of hydrogen-bond acceptors (Lipinski definition) is 4. The predicted octanol–water partition coefficient (Wildman–Crippen LogP) is 2.80. The minimum atomic E-state index is -0.0687. The lowest BCUT2D eigenvalue weighted by atomic mass is 10.0. The summed E-state index contributed by atoms with van der Waals surface area (Å²) in [5.41, 5.74) is 0.703. The van der Waals surface area contributed by atoms with Crippen molar-refractivity contribution in [3.05, 3.63) is 21.0 Å². The van der Waals surface area contributed by atoms with E-state index in [2.05, 4.69) is 52.0 Å². The largest absolute Gasteiger partial charge is 0.378 e.